The Morgan fingerprint density at radius 3 is 1.47 bits per heavy atom. The Hall–Kier alpha value is -7.76. The van der Waals surface area contributed by atoms with Crippen molar-refractivity contribution in [2.24, 2.45) is 0 Å². The van der Waals surface area contributed by atoms with Gasteiger partial charge in [-0.15, -0.1) is 0 Å². The first kappa shape index (κ1) is 33.6. The lowest BCUT2D eigenvalue weighted by Crippen LogP contribution is -2.28. The van der Waals surface area contributed by atoms with Gasteiger partial charge in [-0.2, -0.15) is 0 Å². The van der Waals surface area contributed by atoms with Crippen LogP contribution in [0.2, 0.25) is 0 Å². The van der Waals surface area contributed by atoms with Gasteiger partial charge in [0.1, 0.15) is 5.52 Å². The normalized spacial score (nSPS) is 14.3. The highest BCUT2D eigenvalue weighted by Gasteiger charge is 2.46. The SMILES string of the molecule is c1ccc(-c2nc(-c3ccccc3)nc(-c3ccc(-c4ccc5c(c4)-c4ccccc4C5(c4ccccc4)c4ccc5oc(-c6ccccc6)nc5c4)cc3)n2)cc1. The van der Waals surface area contributed by atoms with Gasteiger partial charge in [-0.1, -0.05) is 176 Å². The van der Waals surface area contributed by atoms with Gasteiger partial charge in [-0.25, -0.2) is 19.9 Å². The summed E-state index contributed by atoms with van der Waals surface area (Å²) in [5.74, 6) is 2.54. The van der Waals surface area contributed by atoms with Gasteiger partial charge in [0.25, 0.3) is 0 Å². The van der Waals surface area contributed by atoms with Crippen LogP contribution in [0.1, 0.15) is 22.3 Å². The summed E-state index contributed by atoms with van der Waals surface area (Å²) in [6.45, 7) is 0. The molecule has 0 fully saturated rings. The topological polar surface area (TPSA) is 64.7 Å². The lowest BCUT2D eigenvalue weighted by molar-refractivity contribution is 0.619. The van der Waals surface area contributed by atoms with E-state index in [1.807, 2.05) is 91.0 Å². The molecule has 0 spiro atoms. The smallest absolute Gasteiger partial charge is 0.227 e. The maximum Gasteiger partial charge on any atom is 0.227 e. The molecule has 0 radical (unpaired) electrons. The first-order chi connectivity index (χ1) is 28.7. The van der Waals surface area contributed by atoms with E-state index in [1.165, 1.54) is 27.8 Å². The molecule has 272 valence electrons. The van der Waals surface area contributed by atoms with Crippen molar-refractivity contribution in [1.82, 2.24) is 19.9 Å². The molecule has 8 aromatic carbocycles. The molecule has 5 heteroatoms. The standard InChI is InChI=1S/C53H34N4O/c1-5-15-36(16-6-1)49-55-50(37-17-7-2-8-18-37)57-51(56-49)38-27-25-35(26-28-38)40-29-31-46-44(33-40)43-23-13-14-24-45(43)53(46,41-21-11-4-12-22-41)42-30-32-48-47(34-42)54-52(58-48)39-19-9-3-10-20-39/h1-34H. The van der Waals surface area contributed by atoms with E-state index in [4.69, 9.17) is 24.4 Å². The molecule has 0 aliphatic heterocycles. The van der Waals surface area contributed by atoms with Crippen LogP contribution < -0.4 is 0 Å². The van der Waals surface area contributed by atoms with Crippen LogP contribution in [-0.2, 0) is 5.41 Å². The molecule has 0 bridgehead atoms. The summed E-state index contributed by atoms with van der Waals surface area (Å²) in [6, 6.07) is 71.9. The van der Waals surface area contributed by atoms with E-state index < -0.39 is 5.41 Å². The molecule has 11 rings (SSSR count). The largest absolute Gasteiger partial charge is 0.436 e. The molecule has 0 N–H and O–H groups in total. The third-order valence-electron chi connectivity index (χ3n) is 11.3. The van der Waals surface area contributed by atoms with E-state index in [0.717, 1.165) is 50.0 Å². The first-order valence-corrected chi connectivity index (χ1v) is 19.5. The van der Waals surface area contributed by atoms with E-state index in [2.05, 4.69) is 115 Å². The Kier molecular flexibility index (Phi) is 7.97. The van der Waals surface area contributed by atoms with Crippen molar-refractivity contribution in [3.8, 4) is 67.9 Å². The lowest BCUT2D eigenvalue weighted by atomic mass is 9.67. The summed E-state index contributed by atoms with van der Waals surface area (Å²) < 4.78 is 6.28. The van der Waals surface area contributed by atoms with Crippen molar-refractivity contribution in [2.45, 2.75) is 5.41 Å². The Morgan fingerprint density at radius 1 is 0.328 bits per heavy atom. The Balaban J connectivity index is 1.02. The number of nitrogens with zero attached hydrogens (tertiary/aromatic N) is 4. The van der Waals surface area contributed by atoms with E-state index in [1.54, 1.807) is 0 Å². The lowest BCUT2D eigenvalue weighted by Gasteiger charge is -2.33. The zero-order valence-corrected chi connectivity index (χ0v) is 31.3. The van der Waals surface area contributed by atoms with Crippen molar-refractivity contribution >= 4 is 11.1 Å². The number of oxazole rings is 1. The third kappa shape index (κ3) is 5.55. The summed E-state index contributed by atoms with van der Waals surface area (Å²) in [5, 5.41) is 0. The molecule has 1 unspecified atom stereocenters. The van der Waals surface area contributed by atoms with Gasteiger partial charge in [0.05, 0.1) is 5.41 Å². The van der Waals surface area contributed by atoms with Gasteiger partial charge in [-0.05, 0) is 74.8 Å². The second kappa shape index (κ2) is 13.8. The van der Waals surface area contributed by atoms with E-state index >= 15 is 0 Å². The molecule has 0 amide bonds. The van der Waals surface area contributed by atoms with Crippen LogP contribution in [0, 0.1) is 0 Å². The van der Waals surface area contributed by atoms with Crippen LogP contribution >= 0.6 is 0 Å². The zero-order chi connectivity index (χ0) is 38.5. The van der Waals surface area contributed by atoms with Crippen LogP contribution in [0.3, 0.4) is 0 Å². The van der Waals surface area contributed by atoms with Crippen LogP contribution in [0.4, 0.5) is 0 Å². The van der Waals surface area contributed by atoms with Crippen molar-refractivity contribution in [3.05, 3.63) is 229 Å². The average Bonchev–Trinajstić information content (AvgIpc) is 3.87. The highest BCUT2D eigenvalue weighted by Crippen LogP contribution is 2.57. The third-order valence-corrected chi connectivity index (χ3v) is 11.3. The fraction of sp³-hybridized carbons (Fsp3) is 0.0189. The molecule has 10 aromatic rings. The van der Waals surface area contributed by atoms with Gasteiger partial charge < -0.3 is 4.42 Å². The summed E-state index contributed by atoms with van der Waals surface area (Å²) in [5.41, 5.74) is 14.3. The Morgan fingerprint density at radius 2 is 0.828 bits per heavy atom. The van der Waals surface area contributed by atoms with Crippen LogP contribution in [-0.4, -0.2) is 19.9 Å². The summed E-state index contributed by atoms with van der Waals surface area (Å²) >= 11 is 0. The number of benzene rings is 8. The number of aromatic nitrogens is 4. The fourth-order valence-corrected chi connectivity index (χ4v) is 8.55. The summed E-state index contributed by atoms with van der Waals surface area (Å²) in [7, 11) is 0. The number of hydrogen-bond acceptors (Lipinski definition) is 5. The highest BCUT2D eigenvalue weighted by molar-refractivity contribution is 5.90. The number of fused-ring (bicyclic) bond motifs is 4. The van der Waals surface area contributed by atoms with Crippen molar-refractivity contribution in [2.75, 3.05) is 0 Å². The number of rotatable bonds is 7. The van der Waals surface area contributed by atoms with E-state index in [0.29, 0.717) is 23.4 Å². The summed E-state index contributed by atoms with van der Waals surface area (Å²) in [6.07, 6.45) is 0. The molecule has 1 aliphatic carbocycles. The minimum atomic E-state index is -0.568. The zero-order valence-electron chi connectivity index (χ0n) is 31.3. The van der Waals surface area contributed by atoms with Gasteiger partial charge >= 0.3 is 0 Å². The quantitative estimate of drug-likeness (QED) is 0.163. The summed E-state index contributed by atoms with van der Waals surface area (Å²) in [4.78, 5) is 19.8. The molecule has 5 nitrogen and oxygen atoms in total. The monoisotopic (exact) mass is 742 g/mol. The predicted octanol–water partition coefficient (Wildman–Crippen LogP) is 12.7. The molecule has 2 aromatic heterocycles. The Bertz CT molecular complexity index is 3030. The molecule has 1 aliphatic rings. The van der Waals surface area contributed by atoms with Crippen molar-refractivity contribution in [3.63, 3.8) is 0 Å². The molecule has 0 saturated carbocycles. The molecule has 2 heterocycles. The van der Waals surface area contributed by atoms with Crippen molar-refractivity contribution in [1.29, 1.82) is 0 Å². The number of hydrogen-bond donors (Lipinski definition) is 0. The molecule has 58 heavy (non-hydrogen) atoms. The maximum atomic E-state index is 6.28. The van der Waals surface area contributed by atoms with Gasteiger partial charge in [-0.3, -0.25) is 0 Å². The van der Waals surface area contributed by atoms with Gasteiger partial charge in [0, 0.05) is 22.3 Å². The van der Waals surface area contributed by atoms with Crippen molar-refractivity contribution < 1.29 is 4.42 Å². The molecule has 1 atom stereocenters. The van der Waals surface area contributed by atoms with Gasteiger partial charge in [0.2, 0.25) is 5.89 Å². The Labute approximate surface area is 336 Å². The first-order valence-electron chi connectivity index (χ1n) is 19.5. The average molecular weight is 743 g/mol. The van der Waals surface area contributed by atoms with E-state index in [9.17, 15) is 0 Å². The van der Waals surface area contributed by atoms with Crippen LogP contribution in [0.25, 0.3) is 79.0 Å². The molecular weight excluding hydrogens is 709 g/mol. The highest BCUT2D eigenvalue weighted by atomic mass is 16.3. The van der Waals surface area contributed by atoms with Crippen LogP contribution in [0.15, 0.2) is 211 Å². The second-order valence-electron chi connectivity index (χ2n) is 14.6. The minimum Gasteiger partial charge on any atom is -0.436 e. The predicted molar refractivity (Wildman–Crippen MR) is 232 cm³/mol. The van der Waals surface area contributed by atoms with Gasteiger partial charge in [0.15, 0.2) is 23.1 Å². The fourth-order valence-electron chi connectivity index (χ4n) is 8.55. The second-order valence-corrected chi connectivity index (χ2v) is 14.6. The molecular formula is C53H34N4O. The van der Waals surface area contributed by atoms with E-state index in [-0.39, 0.29) is 0 Å². The van der Waals surface area contributed by atoms with Crippen LogP contribution in [0.5, 0.6) is 0 Å². The minimum absolute atomic E-state index is 0.568. The maximum absolute atomic E-state index is 6.28. The molecule has 0 saturated heterocycles.